The van der Waals surface area contributed by atoms with Crippen LogP contribution in [0.4, 0.5) is 11.4 Å². The lowest BCUT2D eigenvalue weighted by atomic mass is 10.1. The number of benzene rings is 1. The number of hydrogen-bond donors (Lipinski definition) is 2. The van der Waals surface area contributed by atoms with E-state index in [-0.39, 0.29) is 12.3 Å². The lowest BCUT2D eigenvalue weighted by Crippen LogP contribution is -2.29. The fourth-order valence-electron chi connectivity index (χ4n) is 2.25. The van der Waals surface area contributed by atoms with Crippen LogP contribution in [0.1, 0.15) is 17.5 Å². The van der Waals surface area contributed by atoms with Crippen LogP contribution in [0.2, 0.25) is 0 Å². The number of carbonyl (C=O) groups is 2. The number of nitrogens with two attached hydrogens (primary N) is 2. The first-order chi connectivity index (χ1) is 8.40. The maximum Gasteiger partial charge on any atom is 0.227 e. The van der Waals surface area contributed by atoms with Crippen molar-refractivity contribution in [3.8, 4) is 0 Å². The summed E-state index contributed by atoms with van der Waals surface area (Å²) in [6.45, 7) is 4.15. The summed E-state index contributed by atoms with van der Waals surface area (Å²) in [5.41, 5.74) is 14.4. The standard InChI is InChI=1S/C13H17N3O2/c1-7-4-11(8(2)3-10(7)14)16-6-9(13(15)18)5-12(16)17/h3-4,9H,5-6,14H2,1-2H3,(H2,15,18). The first kappa shape index (κ1) is 12.4. The smallest absolute Gasteiger partial charge is 0.227 e. The van der Waals surface area contributed by atoms with Gasteiger partial charge in [-0.25, -0.2) is 0 Å². The number of anilines is 2. The number of nitrogen functional groups attached to an aromatic ring is 1. The summed E-state index contributed by atoms with van der Waals surface area (Å²) < 4.78 is 0. The summed E-state index contributed by atoms with van der Waals surface area (Å²) in [5.74, 6) is -0.878. The van der Waals surface area contributed by atoms with Gasteiger partial charge < -0.3 is 16.4 Å². The number of primary amides is 1. The Morgan fingerprint density at radius 1 is 1.33 bits per heavy atom. The Morgan fingerprint density at radius 2 is 2.00 bits per heavy atom. The van der Waals surface area contributed by atoms with Gasteiger partial charge in [-0.3, -0.25) is 9.59 Å². The minimum absolute atomic E-state index is 0.0638. The van der Waals surface area contributed by atoms with Crippen LogP contribution in [0.5, 0.6) is 0 Å². The molecule has 2 amide bonds. The third kappa shape index (κ3) is 2.03. The molecule has 18 heavy (non-hydrogen) atoms. The summed E-state index contributed by atoms with van der Waals surface area (Å²) in [4.78, 5) is 24.7. The molecular formula is C13H17N3O2. The molecule has 4 N–H and O–H groups in total. The fourth-order valence-corrected chi connectivity index (χ4v) is 2.25. The average molecular weight is 247 g/mol. The van der Waals surface area contributed by atoms with Crippen LogP contribution in [0.25, 0.3) is 0 Å². The predicted octanol–water partition coefficient (Wildman–Crippen LogP) is 0.724. The molecule has 1 aliphatic heterocycles. The lowest BCUT2D eigenvalue weighted by Gasteiger charge is -2.20. The Hall–Kier alpha value is -2.04. The molecule has 1 unspecified atom stereocenters. The molecule has 1 fully saturated rings. The van der Waals surface area contributed by atoms with Gasteiger partial charge >= 0.3 is 0 Å². The Bertz CT molecular complexity index is 525. The van der Waals surface area contributed by atoms with Gasteiger partial charge in [0.1, 0.15) is 0 Å². The first-order valence-electron chi connectivity index (χ1n) is 5.86. The summed E-state index contributed by atoms with van der Waals surface area (Å²) >= 11 is 0. The Kier molecular flexibility index (Phi) is 2.98. The zero-order valence-corrected chi connectivity index (χ0v) is 10.6. The van der Waals surface area contributed by atoms with E-state index in [1.165, 1.54) is 0 Å². The minimum Gasteiger partial charge on any atom is -0.399 e. The molecule has 1 aliphatic rings. The van der Waals surface area contributed by atoms with Crippen LogP contribution < -0.4 is 16.4 Å². The second kappa shape index (κ2) is 4.33. The predicted molar refractivity (Wildman–Crippen MR) is 70.0 cm³/mol. The number of rotatable bonds is 2. The van der Waals surface area contributed by atoms with E-state index >= 15 is 0 Å². The maximum absolute atomic E-state index is 11.9. The lowest BCUT2D eigenvalue weighted by molar-refractivity contribution is -0.123. The van der Waals surface area contributed by atoms with Crippen LogP contribution in [-0.2, 0) is 9.59 Å². The molecule has 1 aromatic carbocycles. The zero-order valence-electron chi connectivity index (χ0n) is 10.6. The van der Waals surface area contributed by atoms with E-state index in [1.54, 1.807) is 4.90 Å². The van der Waals surface area contributed by atoms with E-state index < -0.39 is 11.8 Å². The molecule has 0 aromatic heterocycles. The van der Waals surface area contributed by atoms with Crippen molar-refractivity contribution in [1.82, 2.24) is 0 Å². The van der Waals surface area contributed by atoms with Crippen LogP contribution in [0.15, 0.2) is 12.1 Å². The van der Waals surface area contributed by atoms with E-state index in [9.17, 15) is 9.59 Å². The Labute approximate surface area is 106 Å². The topological polar surface area (TPSA) is 89.4 Å². The number of nitrogens with zero attached hydrogens (tertiary/aromatic N) is 1. The molecule has 0 radical (unpaired) electrons. The number of amides is 2. The summed E-state index contributed by atoms with van der Waals surface area (Å²) in [5, 5.41) is 0. The van der Waals surface area contributed by atoms with Crippen LogP contribution in [0, 0.1) is 19.8 Å². The molecule has 0 saturated carbocycles. The molecule has 1 saturated heterocycles. The largest absolute Gasteiger partial charge is 0.399 e. The maximum atomic E-state index is 11.9. The van der Waals surface area contributed by atoms with Gasteiger partial charge in [0.05, 0.1) is 5.92 Å². The van der Waals surface area contributed by atoms with E-state index in [4.69, 9.17) is 11.5 Å². The average Bonchev–Trinajstić information content (AvgIpc) is 2.66. The van der Waals surface area contributed by atoms with Gasteiger partial charge in [0.2, 0.25) is 11.8 Å². The van der Waals surface area contributed by atoms with Gasteiger partial charge in [0.25, 0.3) is 0 Å². The van der Waals surface area contributed by atoms with Gasteiger partial charge in [-0.15, -0.1) is 0 Å². The molecule has 5 nitrogen and oxygen atoms in total. The third-order valence-electron chi connectivity index (χ3n) is 3.40. The molecule has 0 bridgehead atoms. The number of aryl methyl sites for hydroxylation is 2. The second-order valence-electron chi connectivity index (χ2n) is 4.80. The van der Waals surface area contributed by atoms with Crippen molar-refractivity contribution in [1.29, 1.82) is 0 Å². The fraction of sp³-hybridized carbons (Fsp3) is 0.385. The van der Waals surface area contributed by atoms with Crippen LogP contribution in [0.3, 0.4) is 0 Å². The monoisotopic (exact) mass is 247 g/mol. The quantitative estimate of drug-likeness (QED) is 0.755. The van der Waals surface area contributed by atoms with Gasteiger partial charge in [-0.2, -0.15) is 0 Å². The van der Waals surface area contributed by atoms with Gasteiger partial charge in [0, 0.05) is 24.3 Å². The molecule has 1 aromatic rings. The van der Waals surface area contributed by atoms with Gasteiger partial charge in [0.15, 0.2) is 0 Å². The van der Waals surface area contributed by atoms with Crippen molar-refractivity contribution in [2.75, 3.05) is 17.2 Å². The summed E-state index contributed by atoms with van der Waals surface area (Å²) in [6, 6.07) is 3.72. The van der Waals surface area contributed by atoms with Crippen molar-refractivity contribution in [2.45, 2.75) is 20.3 Å². The van der Waals surface area contributed by atoms with Gasteiger partial charge in [-0.1, -0.05) is 0 Å². The Morgan fingerprint density at radius 3 is 2.56 bits per heavy atom. The highest BCUT2D eigenvalue weighted by atomic mass is 16.2. The van der Waals surface area contributed by atoms with Crippen molar-refractivity contribution in [3.63, 3.8) is 0 Å². The molecule has 0 aliphatic carbocycles. The van der Waals surface area contributed by atoms with Gasteiger partial charge in [-0.05, 0) is 37.1 Å². The molecule has 96 valence electrons. The van der Waals surface area contributed by atoms with Crippen LogP contribution >= 0.6 is 0 Å². The van der Waals surface area contributed by atoms with E-state index in [0.717, 1.165) is 16.8 Å². The third-order valence-corrected chi connectivity index (χ3v) is 3.40. The molecule has 0 spiro atoms. The van der Waals surface area contributed by atoms with E-state index in [2.05, 4.69) is 0 Å². The normalized spacial score (nSPS) is 19.3. The molecule has 2 rings (SSSR count). The second-order valence-corrected chi connectivity index (χ2v) is 4.80. The number of carbonyl (C=O) groups excluding carboxylic acids is 2. The Balaban J connectivity index is 2.35. The van der Waals surface area contributed by atoms with Crippen molar-refractivity contribution in [2.24, 2.45) is 11.7 Å². The van der Waals surface area contributed by atoms with Crippen molar-refractivity contribution < 1.29 is 9.59 Å². The molecule has 1 atom stereocenters. The SMILES string of the molecule is Cc1cc(N2CC(C(N)=O)CC2=O)c(C)cc1N. The van der Waals surface area contributed by atoms with Crippen molar-refractivity contribution in [3.05, 3.63) is 23.3 Å². The highest BCUT2D eigenvalue weighted by Gasteiger charge is 2.34. The molecular weight excluding hydrogens is 230 g/mol. The van der Waals surface area contributed by atoms with Crippen LogP contribution in [-0.4, -0.2) is 18.4 Å². The minimum atomic E-state index is -0.421. The zero-order chi connectivity index (χ0) is 13.4. The van der Waals surface area contributed by atoms with Crippen molar-refractivity contribution >= 4 is 23.2 Å². The highest BCUT2D eigenvalue weighted by molar-refractivity contribution is 6.00. The van der Waals surface area contributed by atoms with E-state index in [0.29, 0.717) is 12.2 Å². The number of hydrogen-bond acceptors (Lipinski definition) is 3. The van der Waals surface area contributed by atoms with E-state index in [1.807, 2.05) is 26.0 Å². The molecule has 1 heterocycles. The highest BCUT2D eigenvalue weighted by Crippen LogP contribution is 2.30. The summed E-state index contributed by atoms with van der Waals surface area (Å²) in [7, 11) is 0. The summed E-state index contributed by atoms with van der Waals surface area (Å²) in [6.07, 6.45) is 0.193. The molecule has 5 heteroatoms. The first-order valence-corrected chi connectivity index (χ1v) is 5.86.